The Morgan fingerprint density at radius 2 is 2.50 bits per heavy atom. The van der Waals surface area contributed by atoms with E-state index in [-0.39, 0.29) is 6.10 Å². The van der Waals surface area contributed by atoms with E-state index < -0.39 is 0 Å². The molecule has 1 aromatic rings. The fourth-order valence-corrected chi connectivity index (χ4v) is 2.08. The van der Waals surface area contributed by atoms with Gasteiger partial charge in [-0.05, 0) is 30.5 Å². The maximum Gasteiger partial charge on any atom is 0.0737 e. The van der Waals surface area contributed by atoms with E-state index in [1.54, 1.807) is 12.4 Å². The molecule has 2 rings (SSSR count). The molecule has 1 fully saturated rings. The summed E-state index contributed by atoms with van der Waals surface area (Å²) in [5.41, 5.74) is 1.01. The van der Waals surface area contributed by atoms with Gasteiger partial charge in [0, 0.05) is 18.9 Å². The van der Waals surface area contributed by atoms with Crippen LogP contribution >= 0.6 is 11.6 Å². The molecule has 0 bridgehead atoms. The second kappa shape index (κ2) is 5.62. The van der Waals surface area contributed by atoms with Crippen molar-refractivity contribution in [3.63, 3.8) is 0 Å². The summed E-state index contributed by atoms with van der Waals surface area (Å²) < 4.78 is 5.89. The highest BCUT2D eigenvalue weighted by Gasteiger charge is 2.21. The highest BCUT2D eigenvalue weighted by Crippen LogP contribution is 2.19. The van der Waals surface area contributed by atoms with E-state index >= 15 is 0 Å². The summed E-state index contributed by atoms with van der Waals surface area (Å²) in [6, 6.07) is 1.91. The summed E-state index contributed by atoms with van der Waals surface area (Å²) >= 11 is 6.02. The number of nitrogens with one attached hydrogen (secondary N) is 1. The predicted octanol–water partition coefficient (Wildman–Crippen LogP) is 2.25. The fourth-order valence-electron chi connectivity index (χ4n) is 1.90. The van der Waals surface area contributed by atoms with Crippen LogP contribution in [-0.4, -0.2) is 24.2 Å². The maximum absolute atomic E-state index is 6.02. The molecule has 0 radical (unpaired) electrons. The first kappa shape index (κ1) is 11.8. The molecule has 0 saturated carbocycles. The molecule has 1 N–H and O–H groups in total. The third-order valence-electron chi connectivity index (χ3n) is 3.07. The molecule has 0 spiro atoms. The molecule has 2 atom stereocenters. The largest absolute Gasteiger partial charge is 0.372 e. The number of hydrogen-bond acceptors (Lipinski definition) is 3. The summed E-state index contributed by atoms with van der Waals surface area (Å²) in [5, 5.41) is 4.03. The number of nitrogens with zero attached hydrogens (tertiary/aromatic N) is 1. The molecule has 0 aromatic carbocycles. The second-order valence-corrected chi connectivity index (χ2v) is 4.69. The smallest absolute Gasteiger partial charge is 0.0737 e. The van der Waals surface area contributed by atoms with E-state index in [0.29, 0.717) is 17.5 Å². The minimum absolute atomic E-state index is 0.290. The Morgan fingerprint density at radius 3 is 3.25 bits per heavy atom. The number of halogens is 1. The van der Waals surface area contributed by atoms with Crippen molar-refractivity contribution in [2.45, 2.75) is 26.1 Å². The van der Waals surface area contributed by atoms with Gasteiger partial charge >= 0.3 is 0 Å². The Hall–Kier alpha value is -0.640. The molecular formula is C12H17ClN2O. The highest BCUT2D eigenvalue weighted by atomic mass is 35.5. The van der Waals surface area contributed by atoms with Gasteiger partial charge in [0.05, 0.1) is 17.7 Å². The molecule has 0 amide bonds. The summed E-state index contributed by atoms with van der Waals surface area (Å²) in [4.78, 5) is 3.95. The second-order valence-electron chi connectivity index (χ2n) is 4.29. The van der Waals surface area contributed by atoms with Gasteiger partial charge in [0.15, 0.2) is 0 Å². The molecule has 3 nitrogen and oxygen atoms in total. The van der Waals surface area contributed by atoms with Crippen LogP contribution in [-0.2, 0) is 11.3 Å². The third kappa shape index (κ3) is 2.94. The molecule has 88 valence electrons. The normalized spacial score (nSPS) is 25.6. The van der Waals surface area contributed by atoms with Crippen LogP contribution in [0.2, 0.25) is 5.02 Å². The van der Waals surface area contributed by atoms with Gasteiger partial charge in [-0.1, -0.05) is 18.5 Å². The molecule has 1 aromatic heterocycles. The first-order chi connectivity index (χ1) is 7.77. The first-order valence-corrected chi connectivity index (χ1v) is 6.06. The van der Waals surface area contributed by atoms with E-state index in [0.717, 1.165) is 18.7 Å². The summed E-state index contributed by atoms with van der Waals surface area (Å²) in [7, 11) is 0. The van der Waals surface area contributed by atoms with Gasteiger partial charge in [-0.15, -0.1) is 0 Å². The minimum Gasteiger partial charge on any atom is -0.372 e. The number of rotatable bonds is 3. The zero-order valence-electron chi connectivity index (χ0n) is 9.45. The molecule has 0 aliphatic carbocycles. The zero-order chi connectivity index (χ0) is 11.4. The van der Waals surface area contributed by atoms with E-state index in [1.807, 2.05) is 6.07 Å². The Kier molecular flexibility index (Phi) is 4.16. The van der Waals surface area contributed by atoms with Gasteiger partial charge in [-0.2, -0.15) is 0 Å². The van der Waals surface area contributed by atoms with Crippen LogP contribution in [0.25, 0.3) is 0 Å². The van der Waals surface area contributed by atoms with Crippen molar-refractivity contribution in [3.8, 4) is 0 Å². The molecule has 4 heteroatoms. The van der Waals surface area contributed by atoms with Crippen molar-refractivity contribution >= 4 is 11.6 Å². The molecule has 1 aliphatic rings. The zero-order valence-corrected chi connectivity index (χ0v) is 10.2. The molecule has 1 aliphatic heterocycles. The average Bonchev–Trinajstić information content (AvgIpc) is 2.30. The van der Waals surface area contributed by atoms with Crippen molar-refractivity contribution in [3.05, 3.63) is 29.0 Å². The average molecular weight is 241 g/mol. The molecule has 16 heavy (non-hydrogen) atoms. The number of hydrogen-bond donors (Lipinski definition) is 1. The van der Waals surface area contributed by atoms with Crippen molar-refractivity contribution < 1.29 is 4.74 Å². The summed E-state index contributed by atoms with van der Waals surface area (Å²) in [5.74, 6) is 0.613. The predicted molar refractivity (Wildman–Crippen MR) is 64.5 cm³/mol. The standard InChI is InChI=1S/C12H17ClN2O/c1-9-2-4-15-7-12(9)16-8-10-3-5-14-6-11(10)13/h3,5-6,9,12,15H,2,4,7-8H2,1H3. The number of ether oxygens (including phenoxy) is 1. The topological polar surface area (TPSA) is 34.1 Å². The summed E-state index contributed by atoms with van der Waals surface area (Å²) in [6.45, 7) is 4.83. The van der Waals surface area contributed by atoms with Crippen LogP contribution in [0.4, 0.5) is 0 Å². The van der Waals surface area contributed by atoms with Gasteiger partial charge < -0.3 is 10.1 Å². The number of pyridine rings is 1. The van der Waals surface area contributed by atoms with Gasteiger partial charge in [-0.3, -0.25) is 4.98 Å². The van der Waals surface area contributed by atoms with Crippen molar-refractivity contribution in [1.82, 2.24) is 10.3 Å². The lowest BCUT2D eigenvalue weighted by atomic mass is 9.97. The van der Waals surface area contributed by atoms with E-state index in [1.165, 1.54) is 6.42 Å². The van der Waals surface area contributed by atoms with Gasteiger partial charge in [0.1, 0.15) is 0 Å². The highest BCUT2D eigenvalue weighted by molar-refractivity contribution is 6.31. The van der Waals surface area contributed by atoms with Crippen LogP contribution in [0.1, 0.15) is 18.9 Å². The van der Waals surface area contributed by atoms with E-state index in [2.05, 4.69) is 17.2 Å². The van der Waals surface area contributed by atoms with Gasteiger partial charge in [-0.25, -0.2) is 0 Å². The van der Waals surface area contributed by atoms with Crippen molar-refractivity contribution in [2.75, 3.05) is 13.1 Å². The van der Waals surface area contributed by atoms with Crippen LogP contribution in [0, 0.1) is 5.92 Å². The van der Waals surface area contributed by atoms with E-state index in [9.17, 15) is 0 Å². The van der Waals surface area contributed by atoms with Crippen LogP contribution in [0.5, 0.6) is 0 Å². The quantitative estimate of drug-likeness (QED) is 0.880. The Morgan fingerprint density at radius 1 is 1.62 bits per heavy atom. The van der Waals surface area contributed by atoms with Crippen LogP contribution in [0.3, 0.4) is 0 Å². The van der Waals surface area contributed by atoms with Crippen LogP contribution < -0.4 is 5.32 Å². The lowest BCUT2D eigenvalue weighted by Gasteiger charge is -2.29. The monoisotopic (exact) mass is 240 g/mol. The Labute approximate surface area is 101 Å². The maximum atomic E-state index is 6.02. The molecule has 2 heterocycles. The lowest BCUT2D eigenvalue weighted by Crippen LogP contribution is -2.40. The first-order valence-electron chi connectivity index (χ1n) is 5.68. The fraction of sp³-hybridized carbons (Fsp3) is 0.583. The van der Waals surface area contributed by atoms with Gasteiger partial charge in [0.2, 0.25) is 0 Å². The minimum atomic E-state index is 0.290. The third-order valence-corrected chi connectivity index (χ3v) is 3.41. The van der Waals surface area contributed by atoms with E-state index in [4.69, 9.17) is 16.3 Å². The Balaban J connectivity index is 1.89. The number of aromatic nitrogens is 1. The molecule has 2 unspecified atom stereocenters. The molecule has 1 saturated heterocycles. The van der Waals surface area contributed by atoms with Crippen molar-refractivity contribution in [2.24, 2.45) is 5.92 Å². The van der Waals surface area contributed by atoms with Crippen molar-refractivity contribution in [1.29, 1.82) is 0 Å². The van der Waals surface area contributed by atoms with Gasteiger partial charge in [0.25, 0.3) is 0 Å². The van der Waals surface area contributed by atoms with Crippen LogP contribution in [0.15, 0.2) is 18.5 Å². The molecular weight excluding hydrogens is 224 g/mol. The summed E-state index contributed by atoms with van der Waals surface area (Å²) in [6.07, 6.45) is 4.86. The lowest BCUT2D eigenvalue weighted by molar-refractivity contribution is -0.00657. The SMILES string of the molecule is CC1CCNCC1OCc1ccncc1Cl. The number of piperidine rings is 1. The Bertz CT molecular complexity index is 346.